The number of ether oxygens (including phenoxy) is 1. The zero-order chi connectivity index (χ0) is 20.7. The van der Waals surface area contributed by atoms with Crippen LogP contribution < -0.4 is 10.6 Å². The SMILES string of the molecule is Cc1cccc(C)c1NC(=O)c1cccc(C#CCNC(=O)OC(C)(C)C)c1. The van der Waals surface area contributed by atoms with Crippen molar-refractivity contribution in [3.8, 4) is 11.8 Å². The Kier molecular flexibility index (Phi) is 6.84. The van der Waals surface area contributed by atoms with Gasteiger partial charge in [-0.05, 0) is 63.9 Å². The van der Waals surface area contributed by atoms with Crippen molar-refractivity contribution in [2.24, 2.45) is 0 Å². The fourth-order valence-corrected chi connectivity index (χ4v) is 2.51. The lowest BCUT2D eigenvalue weighted by Crippen LogP contribution is -2.32. The van der Waals surface area contributed by atoms with Crippen LogP contribution >= 0.6 is 0 Å². The fraction of sp³-hybridized carbons (Fsp3) is 0.304. The number of rotatable bonds is 3. The molecule has 2 amide bonds. The highest BCUT2D eigenvalue weighted by Crippen LogP contribution is 2.20. The molecule has 0 aliphatic carbocycles. The number of nitrogens with one attached hydrogen (secondary N) is 2. The van der Waals surface area contributed by atoms with Gasteiger partial charge in [-0.3, -0.25) is 4.79 Å². The molecular formula is C23H26N2O3. The maximum absolute atomic E-state index is 12.6. The second-order valence-electron chi connectivity index (χ2n) is 7.46. The first-order valence-electron chi connectivity index (χ1n) is 9.09. The van der Waals surface area contributed by atoms with E-state index in [-0.39, 0.29) is 12.5 Å². The van der Waals surface area contributed by atoms with Crippen molar-refractivity contribution in [2.75, 3.05) is 11.9 Å². The molecule has 0 heterocycles. The molecule has 0 aromatic heterocycles. The maximum Gasteiger partial charge on any atom is 0.408 e. The summed E-state index contributed by atoms with van der Waals surface area (Å²) in [6, 6.07) is 12.9. The number of hydrogen-bond donors (Lipinski definition) is 2. The van der Waals surface area contributed by atoms with Crippen LogP contribution in [0.25, 0.3) is 0 Å². The molecule has 2 rings (SSSR count). The first kappa shape index (κ1) is 21.0. The molecule has 2 N–H and O–H groups in total. The zero-order valence-electron chi connectivity index (χ0n) is 17.0. The predicted molar refractivity (Wildman–Crippen MR) is 111 cm³/mol. The predicted octanol–water partition coefficient (Wildman–Crippen LogP) is 4.43. The second kappa shape index (κ2) is 9.09. The smallest absolute Gasteiger partial charge is 0.408 e. The lowest BCUT2D eigenvalue weighted by molar-refractivity contribution is 0.0535. The first-order valence-corrected chi connectivity index (χ1v) is 9.09. The Morgan fingerprint density at radius 3 is 2.32 bits per heavy atom. The lowest BCUT2D eigenvalue weighted by Gasteiger charge is -2.19. The van der Waals surface area contributed by atoms with Gasteiger partial charge in [-0.1, -0.05) is 36.1 Å². The normalized spacial score (nSPS) is 10.5. The van der Waals surface area contributed by atoms with Gasteiger partial charge in [0, 0.05) is 16.8 Å². The largest absolute Gasteiger partial charge is 0.444 e. The van der Waals surface area contributed by atoms with Gasteiger partial charge < -0.3 is 15.4 Å². The second-order valence-corrected chi connectivity index (χ2v) is 7.46. The summed E-state index contributed by atoms with van der Waals surface area (Å²) >= 11 is 0. The Bertz CT molecular complexity index is 911. The molecule has 5 heteroatoms. The van der Waals surface area contributed by atoms with Gasteiger partial charge in [0.1, 0.15) is 5.60 Å². The minimum absolute atomic E-state index is 0.160. The van der Waals surface area contributed by atoms with Crippen LogP contribution in [0.3, 0.4) is 0 Å². The number of carbonyl (C=O) groups is 2. The van der Waals surface area contributed by atoms with E-state index in [2.05, 4.69) is 22.5 Å². The molecule has 5 nitrogen and oxygen atoms in total. The van der Waals surface area contributed by atoms with Crippen LogP contribution in [0.5, 0.6) is 0 Å². The van der Waals surface area contributed by atoms with Crippen LogP contribution in [-0.4, -0.2) is 24.1 Å². The average molecular weight is 378 g/mol. The summed E-state index contributed by atoms with van der Waals surface area (Å²) in [7, 11) is 0. The molecule has 0 radical (unpaired) electrons. The van der Waals surface area contributed by atoms with E-state index in [1.165, 1.54) is 0 Å². The molecule has 0 aliphatic rings. The molecule has 0 saturated heterocycles. The minimum Gasteiger partial charge on any atom is -0.444 e. The molecule has 2 aromatic carbocycles. The van der Waals surface area contributed by atoms with Crippen LogP contribution in [0.2, 0.25) is 0 Å². The van der Waals surface area contributed by atoms with E-state index in [1.807, 2.05) is 38.1 Å². The Morgan fingerprint density at radius 1 is 1.04 bits per heavy atom. The number of aryl methyl sites for hydroxylation is 2. The summed E-state index contributed by atoms with van der Waals surface area (Å²) in [6.45, 7) is 9.48. The molecule has 2 aromatic rings. The van der Waals surface area contributed by atoms with Gasteiger partial charge in [0.15, 0.2) is 0 Å². The highest BCUT2D eigenvalue weighted by Gasteiger charge is 2.15. The summed E-state index contributed by atoms with van der Waals surface area (Å²) in [5.74, 6) is 5.62. The lowest BCUT2D eigenvalue weighted by atomic mass is 10.1. The molecule has 0 aliphatic heterocycles. The topological polar surface area (TPSA) is 67.4 Å². The third kappa shape index (κ3) is 6.48. The molecule has 0 spiro atoms. The van der Waals surface area contributed by atoms with Crippen molar-refractivity contribution in [2.45, 2.75) is 40.2 Å². The van der Waals surface area contributed by atoms with E-state index in [0.717, 1.165) is 16.8 Å². The van der Waals surface area contributed by atoms with E-state index in [4.69, 9.17) is 4.74 Å². The monoisotopic (exact) mass is 378 g/mol. The number of carbonyl (C=O) groups excluding carboxylic acids is 2. The molecule has 0 fully saturated rings. The number of anilines is 1. The van der Waals surface area contributed by atoms with E-state index in [1.54, 1.807) is 39.0 Å². The van der Waals surface area contributed by atoms with E-state index in [0.29, 0.717) is 11.1 Å². The molecule has 28 heavy (non-hydrogen) atoms. The average Bonchev–Trinajstić information content (AvgIpc) is 2.60. The molecule has 146 valence electrons. The zero-order valence-corrected chi connectivity index (χ0v) is 17.0. The number of amides is 2. The van der Waals surface area contributed by atoms with Crippen molar-refractivity contribution < 1.29 is 14.3 Å². The van der Waals surface area contributed by atoms with Crippen LogP contribution in [0, 0.1) is 25.7 Å². The van der Waals surface area contributed by atoms with Crippen molar-refractivity contribution in [1.29, 1.82) is 0 Å². The van der Waals surface area contributed by atoms with E-state index < -0.39 is 11.7 Å². The van der Waals surface area contributed by atoms with Gasteiger partial charge in [-0.15, -0.1) is 0 Å². The van der Waals surface area contributed by atoms with Gasteiger partial charge in [-0.2, -0.15) is 0 Å². The quantitative estimate of drug-likeness (QED) is 0.777. The third-order valence-electron chi connectivity index (χ3n) is 3.80. The number of hydrogen-bond acceptors (Lipinski definition) is 3. The van der Waals surface area contributed by atoms with Crippen LogP contribution in [0.1, 0.15) is 47.8 Å². The summed E-state index contributed by atoms with van der Waals surface area (Å²) in [6.07, 6.45) is -0.511. The first-order chi connectivity index (χ1) is 13.2. The Balaban J connectivity index is 2.01. The van der Waals surface area contributed by atoms with Gasteiger partial charge >= 0.3 is 6.09 Å². The highest BCUT2D eigenvalue weighted by atomic mass is 16.6. The van der Waals surface area contributed by atoms with E-state index in [9.17, 15) is 9.59 Å². The number of para-hydroxylation sites is 1. The fourth-order valence-electron chi connectivity index (χ4n) is 2.51. The van der Waals surface area contributed by atoms with Crippen molar-refractivity contribution in [3.05, 3.63) is 64.7 Å². The summed E-state index contributed by atoms with van der Waals surface area (Å²) in [5.41, 5.74) is 3.52. The Morgan fingerprint density at radius 2 is 1.68 bits per heavy atom. The molecule has 0 saturated carbocycles. The van der Waals surface area contributed by atoms with Crippen molar-refractivity contribution in [1.82, 2.24) is 5.32 Å². The number of alkyl carbamates (subject to hydrolysis) is 1. The number of benzene rings is 2. The molecule has 0 unspecified atom stereocenters. The van der Waals surface area contributed by atoms with Gasteiger partial charge in [0.05, 0.1) is 6.54 Å². The van der Waals surface area contributed by atoms with Crippen molar-refractivity contribution in [3.63, 3.8) is 0 Å². The summed E-state index contributed by atoms with van der Waals surface area (Å²) in [4.78, 5) is 24.2. The molecular weight excluding hydrogens is 352 g/mol. The molecule has 0 atom stereocenters. The summed E-state index contributed by atoms with van der Waals surface area (Å²) in [5, 5.41) is 5.54. The summed E-state index contributed by atoms with van der Waals surface area (Å²) < 4.78 is 5.15. The minimum atomic E-state index is -0.547. The van der Waals surface area contributed by atoms with Gasteiger partial charge in [-0.25, -0.2) is 4.79 Å². The van der Waals surface area contributed by atoms with Crippen LogP contribution in [-0.2, 0) is 4.74 Å². The van der Waals surface area contributed by atoms with Crippen LogP contribution in [0.15, 0.2) is 42.5 Å². The van der Waals surface area contributed by atoms with E-state index >= 15 is 0 Å². The maximum atomic E-state index is 12.6. The Labute approximate surface area is 166 Å². The van der Waals surface area contributed by atoms with Crippen LogP contribution in [0.4, 0.5) is 10.5 Å². The highest BCUT2D eigenvalue weighted by molar-refractivity contribution is 6.05. The standard InChI is InChI=1S/C23H26N2O3/c1-16-9-6-10-17(2)20(16)25-21(26)19-13-7-11-18(15-19)12-8-14-24-22(27)28-23(3,4)5/h6-7,9-11,13,15H,14H2,1-5H3,(H,24,27)(H,25,26). The van der Waals surface area contributed by atoms with Gasteiger partial charge in [0.2, 0.25) is 0 Å². The van der Waals surface area contributed by atoms with Crippen molar-refractivity contribution >= 4 is 17.7 Å². The van der Waals surface area contributed by atoms with Gasteiger partial charge in [0.25, 0.3) is 5.91 Å². The Hall–Kier alpha value is -3.26. The molecule has 0 bridgehead atoms. The third-order valence-corrected chi connectivity index (χ3v) is 3.80.